The molecular formula is C17H22N2O2. The molecule has 21 heavy (non-hydrogen) atoms. The molecule has 3 rings (SSSR count). The SMILES string of the molecule is OCc1cc(OCc2ccccc2)nn1C1CCCCC1. The van der Waals surface area contributed by atoms with Crippen LogP contribution in [0.1, 0.15) is 49.4 Å². The molecule has 1 N–H and O–H groups in total. The largest absolute Gasteiger partial charge is 0.472 e. The van der Waals surface area contributed by atoms with Crippen LogP contribution in [0.3, 0.4) is 0 Å². The molecule has 4 heteroatoms. The summed E-state index contributed by atoms with van der Waals surface area (Å²) in [5.74, 6) is 0.605. The Bertz CT molecular complexity index is 559. The number of hydrogen-bond acceptors (Lipinski definition) is 3. The van der Waals surface area contributed by atoms with Crippen LogP contribution in [0.15, 0.2) is 36.4 Å². The third kappa shape index (κ3) is 3.45. The van der Waals surface area contributed by atoms with Gasteiger partial charge in [0.25, 0.3) is 0 Å². The first-order valence-electron chi connectivity index (χ1n) is 7.73. The predicted molar refractivity (Wildman–Crippen MR) is 81.0 cm³/mol. The number of aliphatic hydroxyl groups is 1. The first kappa shape index (κ1) is 14.1. The number of hydrogen-bond donors (Lipinski definition) is 1. The Balaban J connectivity index is 1.70. The standard InChI is InChI=1S/C17H22N2O2/c20-12-16-11-17(21-13-14-7-3-1-4-8-14)18-19(16)15-9-5-2-6-10-15/h1,3-4,7-8,11,15,20H,2,5-6,9-10,12-13H2. The van der Waals surface area contributed by atoms with Crippen molar-refractivity contribution >= 4 is 0 Å². The van der Waals surface area contributed by atoms with Crippen LogP contribution in [0.4, 0.5) is 0 Å². The molecule has 0 radical (unpaired) electrons. The van der Waals surface area contributed by atoms with Gasteiger partial charge in [0.15, 0.2) is 0 Å². The zero-order chi connectivity index (χ0) is 14.5. The third-order valence-corrected chi connectivity index (χ3v) is 4.10. The lowest BCUT2D eigenvalue weighted by Gasteiger charge is -2.23. The fourth-order valence-corrected chi connectivity index (χ4v) is 2.97. The first-order valence-corrected chi connectivity index (χ1v) is 7.73. The van der Waals surface area contributed by atoms with Crippen LogP contribution in [-0.4, -0.2) is 14.9 Å². The molecule has 0 saturated heterocycles. The first-order chi connectivity index (χ1) is 10.4. The summed E-state index contributed by atoms with van der Waals surface area (Å²) in [6.45, 7) is 0.519. The van der Waals surface area contributed by atoms with Gasteiger partial charge in [-0.2, -0.15) is 0 Å². The summed E-state index contributed by atoms with van der Waals surface area (Å²) in [6, 6.07) is 12.3. The molecule has 1 aromatic heterocycles. The van der Waals surface area contributed by atoms with Crippen molar-refractivity contribution in [3.8, 4) is 5.88 Å². The van der Waals surface area contributed by atoms with Crippen molar-refractivity contribution in [1.29, 1.82) is 0 Å². The van der Waals surface area contributed by atoms with E-state index in [9.17, 15) is 5.11 Å². The molecule has 0 aliphatic heterocycles. The minimum Gasteiger partial charge on any atom is -0.472 e. The van der Waals surface area contributed by atoms with E-state index in [1.54, 1.807) is 0 Å². The van der Waals surface area contributed by atoms with Crippen molar-refractivity contribution < 1.29 is 9.84 Å². The molecule has 1 saturated carbocycles. The molecule has 1 aliphatic carbocycles. The molecule has 0 bridgehead atoms. The summed E-state index contributed by atoms with van der Waals surface area (Å²) in [5, 5.41) is 14.1. The molecule has 0 unspecified atom stereocenters. The van der Waals surface area contributed by atoms with Crippen LogP contribution in [0.2, 0.25) is 0 Å². The maximum absolute atomic E-state index is 9.53. The van der Waals surface area contributed by atoms with Crippen LogP contribution in [0.25, 0.3) is 0 Å². The maximum Gasteiger partial charge on any atom is 0.233 e. The molecular weight excluding hydrogens is 264 g/mol. The highest BCUT2D eigenvalue weighted by Gasteiger charge is 2.20. The van der Waals surface area contributed by atoms with Crippen molar-refractivity contribution in [3.05, 3.63) is 47.7 Å². The number of ether oxygens (including phenoxy) is 1. The van der Waals surface area contributed by atoms with Gasteiger partial charge in [0.2, 0.25) is 5.88 Å². The highest BCUT2D eigenvalue weighted by Crippen LogP contribution is 2.30. The van der Waals surface area contributed by atoms with E-state index in [1.807, 2.05) is 41.1 Å². The highest BCUT2D eigenvalue weighted by molar-refractivity contribution is 5.18. The molecule has 1 fully saturated rings. The summed E-state index contributed by atoms with van der Waals surface area (Å²) < 4.78 is 7.73. The van der Waals surface area contributed by atoms with Gasteiger partial charge in [0.1, 0.15) is 6.61 Å². The number of rotatable bonds is 5. The number of aliphatic hydroxyl groups excluding tert-OH is 1. The minimum atomic E-state index is 0.0121. The lowest BCUT2D eigenvalue weighted by atomic mass is 9.95. The predicted octanol–water partition coefficient (Wildman–Crippen LogP) is 3.46. The van der Waals surface area contributed by atoms with E-state index in [0.717, 1.165) is 24.1 Å². The second-order valence-electron chi connectivity index (χ2n) is 5.64. The normalized spacial score (nSPS) is 16.0. The zero-order valence-electron chi connectivity index (χ0n) is 12.2. The van der Waals surface area contributed by atoms with Crippen LogP contribution >= 0.6 is 0 Å². The van der Waals surface area contributed by atoms with Gasteiger partial charge in [-0.1, -0.05) is 49.6 Å². The van der Waals surface area contributed by atoms with Gasteiger partial charge in [0.05, 0.1) is 18.3 Å². The third-order valence-electron chi connectivity index (χ3n) is 4.10. The molecule has 1 aromatic carbocycles. The van der Waals surface area contributed by atoms with Gasteiger partial charge >= 0.3 is 0 Å². The van der Waals surface area contributed by atoms with Crippen molar-refractivity contribution in [3.63, 3.8) is 0 Å². The van der Waals surface area contributed by atoms with E-state index in [1.165, 1.54) is 19.3 Å². The van der Waals surface area contributed by atoms with Crippen molar-refractivity contribution in [2.45, 2.75) is 51.4 Å². The van der Waals surface area contributed by atoms with Crippen LogP contribution < -0.4 is 4.74 Å². The van der Waals surface area contributed by atoms with Crippen LogP contribution in [-0.2, 0) is 13.2 Å². The van der Waals surface area contributed by atoms with E-state index in [4.69, 9.17) is 4.74 Å². The Morgan fingerprint density at radius 3 is 2.62 bits per heavy atom. The van der Waals surface area contributed by atoms with E-state index < -0.39 is 0 Å². The molecule has 2 aromatic rings. The average molecular weight is 286 g/mol. The molecule has 1 heterocycles. The molecule has 0 atom stereocenters. The molecule has 112 valence electrons. The van der Waals surface area contributed by atoms with Gasteiger partial charge < -0.3 is 9.84 Å². The van der Waals surface area contributed by atoms with Crippen LogP contribution in [0, 0.1) is 0 Å². The summed E-state index contributed by atoms with van der Waals surface area (Å²) in [4.78, 5) is 0. The monoisotopic (exact) mass is 286 g/mol. The zero-order valence-corrected chi connectivity index (χ0v) is 12.2. The molecule has 1 aliphatic rings. The van der Waals surface area contributed by atoms with Gasteiger partial charge in [-0.3, -0.25) is 4.68 Å². The fraction of sp³-hybridized carbons (Fsp3) is 0.471. The topological polar surface area (TPSA) is 47.3 Å². The average Bonchev–Trinajstić information content (AvgIpc) is 2.98. The summed E-state index contributed by atoms with van der Waals surface area (Å²) in [6.07, 6.45) is 6.09. The Morgan fingerprint density at radius 1 is 1.14 bits per heavy atom. The van der Waals surface area contributed by atoms with Crippen molar-refractivity contribution in [2.75, 3.05) is 0 Å². The van der Waals surface area contributed by atoms with E-state index in [0.29, 0.717) is 18.5 Å². The minimum absolute atomic E-state index is 0.0121. The smallest absolute Gasteiger partial charge is 0.233 e. The van der Waals surface area contributed by atoms with E-state index in [-0.39, 0.29) is 6.61 Å². The summed E-state index contributed by atoms with van der Waals surface area (Å²) in [7, 11) is 0. The molecule has 4 nitrogen and oxygen atoms in total. The van der Waals surface area contributed by atoms with Crippen LogP contribution in [0.5, 0.6) is 5.88 Å². The Labute approximate surface area is 125 Å². The van der Waals surface area contributed by atoms with Gasteiger partial charge in [-0.15, -0.1) is 5.10 Å². The Morgan fingerprint density at radius 2 is 1.90 bits per heavy atom. The van der Waals surface area contributed by atoms with Gasteiger partial charge in [-0.05, 0) is 18.4 Å². The van der Waals surface area contributed by atoms with Gasteiger partial charge in [0, 0.05) is 6.07 Å². The highest BCUT2D eigenvalue weighted by atomic mass is 16.5. The molecule has 0 spiro atoms. The lowest BCUT2D eigenvalue weighted by Crippen LogP contribution is -2.16. The second-order valence-corrected chi connectivity index (χ2v) is 5.64. The van der Waals surface area contributed by atoms with Gasteiger partial charge in [-0.25, -0.2) is 0 Å². The number of nitrogens with zero attached hydrogens (tertiary/aromatic N) is 2. The second kappa shape index (κ2) is 6.76. The summed E-state index contributed by atoms with van der Waals surface area (Å²) >= 11 is 0. The lowest BCUT2D eigenvalue weighted by molar-refractivity contribution is 0.244. The molecule has 0 amide bonds. The van der Waals surface area contributed by atoms with Crippen molar-refractivity contribution in [1.82, 2.24) is 9.78 Å². The van der Waals surface area contributed by atoms with E-state index in [2.05, 4.69) is 5.10 Å². The summed E-state index contributed by atoms with van der Waals surface area (Å²) in [5.41, 5.74) is 1.97. The van der Waals surface area contributed by atoms with Crippen molar-refractivity contribution in [2.24, 2.45) is 0 Å². The Kier molecular flexibility index (Phi) is 4.55. The number of aromatic nitrogens is 2. The quantitative estimate of drug-likeness (QED) is 0.915. The number of benzene rings is 1. The van der Waals surface area contributed by atoms with E-state index >= 15 is 0 Å². The maximum atomic E-state index is 9.53. The fourth-order valence-electron chi connectivity index (χ4n) is 2.97. The Hall–Kier alpha value is -1.81.